The third-order valence-corrected chi connectivity index (χ3v) is 5.37. The number of hydrogen-bond acceptors (Lipinski definition) is 3. The summed E-state index contributed by atoms with van der Waals surface area (Å²) in [6.45, 7) is 7.15. The summed E-state index contributed by atoms with van der Waals surface area (Å²) in [6.07, 6.45) is 1.86. The van der Waals surface area contributed by atoms with Crippen molar-refractivity contribution >= 4 is 39.1 Å². The normalized spacial score (nSPS) is 11.6. The molecule has 2 heterocycles. The van der Waals surface area contributed by atoms with Crippen LogP contribution in [-0.4, -0.2) is 20.3 Å². The second kappa shape index (κ2) is 7.64. The Bertz CT molecular complexity index is 1170. The highest BCUT2D eigenvalue weighted by Crippen LogP contribution is 2.23. The number of nitrogens with one attached hydrogen (secondary N) is 1. The fourth-order valence-corrected chi connectivity index (χ4v) is 3.96. The molecule has 0 fully saturated rings. The first-order valence-corrected chi connectivity index (χ1v) is 10.1. The molecule has 0 unspecified atom stereocenters. The van der Waals surface area contributed by atoms with Crippen molar-refractivity contribution in [2.75, 3.05) is 5.43 Å². The molecule has 4 rings (SSSR count). The molecule has 0 aliphatic heterocycles. The van der Waals surface area contributed by atoms with Crippen LogP contribution in [0.1, 0.15) is 23.9 Å². The number of halogens is 1. The Morgan fingerprint density at radius 2 is 1.93 bits per heavy atom. The maximum Gasteiger partial charge on any atom is 0.224 e. The van der Waals surface area contributed by atoms with E-state index >= 15 is 0 Å². The van der Waals surface area contributed by atoms with E-state index < -0.39 is 0 Å². The average molecular weight is 436 g/mol. The molecule has 0 bridgehead atoms. The van der Waals surface area contributed by atoms with E-state index in [0.29, 0.717) is 0 Å². The molecule has 4 aromatic rings. The molecular formula is C22H22BrN5. The summed E-state index contributed by atoms with van der Waals surface area (Å²) in [5.74, 6) is 0.751. The topological polar surface area (TPSA) is 47.1 Å². The van der Waals surface area contributed by atoms with Crippen molar-refractivity contribution in [3.05, 3.63) is 76.0 Å². The maximum absolute atomic E-state index is 4.64. The number of aryl methyl sites for hydroxylation is 2. The van der Waals surface area contributed by atoms with E-state index in [1.807, 2.05) is 36.5 Å². The number of aromatic nitrogens is 3. The first-order chi connectivity index (χ1) is 13.6. The zero-order valence-electron chi connectivity index (χ0n) is 16.1. The minimum absolute atomic E-state index is 0.751. The van der Waals surface area contributed by atoms with Crippen LogP contribution in [0.3, 0.4) is 0 Å². The standard InChI is InChI=1S/C22H22BrN5/c1-4-27-21-11-6-5-10-20(21)25-22(27)26-24-14-17-12-15(2)28(16(17)3)19-9-7-8-18(23)13-19/h5-14H,4H2,1-3H3,(H,25,26)/b24-14-. The van der Waals surface area contributed by atoms with Crippen LogP contribution < -0.4 is 5.43 Å². The average Bonchev–Trinajstić information content (AvgIpc) is 3.18. The van der Waals surface area contributed by atoms with Crippen LogP contribution in [0.15, 0.2) is 64.2 Å². The molecule has 0 aliphatic rings. The van der Waals surface area contributed by atoms with Crippen molar-refractivity contribution in [3.63, 3.8) is 0 Å². The summed E-state index contributed by atoms with van der Waals surface area (Å²) >= 11 is 3.55. The van der Waals surface area contributed by atoms with E-state index in [2.05, 4.69) is 85.6 Å². The molecule has 0 radical (unpaired) electrons. The van der Waals surface area contributed by atoms with Gasteiger partial charge >= 0.3 is 0 Å². The van der Waals surface area contributed by atoms with E-state index in [4.69, 9.17) is 0 Å². The third-order valence-electron chi connectivity index (χ3n) is 4.88. The van der Waals surface area contributed by atoms with Gasteiger partial charge in [-0.15, -0.1) is 0 Å². The van der Waals surface area contributed by atoms with Crippen molar-refractivity contribution in [2.45, 2.75) is 27.3 Å². The lowest BCUT2D eigenvalue weighted by Gasteiger charge is -2.10. The van der Waals surface area contributed by atoms with Gasteiger partial charge < -0.3 is 9.13 Å². The number of rotatable bonds is 5. The molecule has 0 aliphatic carbocycles. The van der Waals surface area contributed by atoms with Crippen LogP contribution in [-0.2, 0) is 6.54 Å². The molecule has 1 N–H and O–H groups in total. The summed E-state index contributed by atoms with van der Waals surface area (Å²) in [5, 5.41) is 4.46. The number of hydrazone groups is 1. The molecule has 6 heteroatoms. The SMILES string of the molecule is CCn1c(N/N=C\c2cc(C)n(-c3cccc(Br)c3)c2C)nc2ccccc21. The van der Waals surface area contributed by atoms with Gasteiger partial charge in [0.1, 0.15) is 0 Å². The number of imidazole rings is 1. The molecule has 2 aromatic heterocycles. The first-order valence-electron chi connectivity index (χ1n) is 9.27. The van der Waals surface area contributed by atoms with Gasteiger partial charge in [0.25, 0.3) is 0 Å². The van der Waals surface area contributed by atoms with Gasteiger partial charge in [-0.2, -0.15) is 5.10 Å². The summed E-state index contributed by atoms with van der Waals surface area (Å²) in [5.41, 5.74) is 9.70. The molecule has 5 nitrogen and oxygen atoms in total. The van der Waals surface area contributed by atoms with E-state index in [-0.39, 0.29) is 0 Å². The number of benzene rings is 2. The lowest BCUT2D eigenvalue weighted by Crippen LogP contribution is -2.02. The van der Waals surface area contributed by atoms with Gasteiger partial charge in [0, 0.05) is 33.7 Å². The zero-order valence-corrected chi connectivity index (χ0v) is 17.7. The Kier molecular flexibility index (Phi) is 5.05. The van der Waals surface area contributed by atoms with Crippen molar-refractivity contribution < 1.29 is 0 Å². The Balaban J connectivity index is 1.62. The molecule has 28 heavy (non-hydrogen) atoms. The Morgan fingerprint density at radius 3 is 2.71 bits per heavy atom. The number of fused-ring (bicyclic) bond motifs is 1. The van der Waals surface area contributed by atoms with E-state index in [0.717, 1.165) is 50.6 Å². The molecule has 0 amide bonds. The van der Waals surface area contributed by atoms with Crippen LogP contribution in [0.4, 0.5) is 5.95 Å². The van der Waals surface area contributed by atoms with Gasteiger partial charge in [-0.1, -0.05) is 34.1 Å². The van der Waals surface area contributed by atoms with Gasteiger partial charge in [-0.05, 0) is 57.2 Å². The molecule has 2 aromatic carbocycles. The van der Waals surface area contributed by atoms with Crippen LogP contribution >= 0.6 is 15.9 Å². The van der Waals surface area contributed by atoms with Gasteiger partial charge in [-0.25, -0.2) is 10.4 Å². The summed E-state index contributed by atoms with van der Waals surface area (Å²) in [7, 11) is 0. The largest absolute Gasteiger partial charge is 0.318 e. The Morgan fingerprint density at radius 1 is 1.11 bits per heavy atom. The van der Waals surface area contributed by atoms with Crippen molar-refractivity contribution in [1.82, 2.24) is 14.1 Å². The molecule has 0 spiro atoms. The van der Waals surface area contributed by atoms with Crippen molar-refractivity contribution in [1.29, 1.82) is 0 Å². The zero-order chi connectivity index (χ0) is 19.7. The van der Waals surface area contributed by atoms with Crippen molar-refractivity contribution in [2.24, 2.45) is 5.10 Å². The number of nitrogens with zero attached hydrogens (tertiary/aromatic N) is 4. The molecular weight excluding hydrogens is 414 g/mol. The highest BCUT2D eigenvalue weighted by Gasteiger charge is 2.10. The second-order valence-electron chi connectivity index (χ2n) is 6.68. The molecule has 0 saturated heterocycles. The number of hydrogen-bond donors (Lipinski definition) is 1. The minimum Gasteiger partial charge on any atom is -0.318 e. The van der Waals surface area contributed by atoms with Crippen LogP contribution in [0, 0.1) is 13.8 Å². The highest BCUT2D eigenvalue weighted by molar-refractivity contribution is 9.10. The second-order valence-corrected chi connectivity index (χ2v) is 7.60. The third kappa shape index (κ3) is 3.36. The Labute approximate surface area is 172 Å². The monoisotopic (exact) mass is 435 g/mol. The van der Waals surface area contributed by atoms with Crippen LogP contribution in [0.5, 0.6) is 0 Å². The molecule has 0 atom stereocenters. The fraction of sp³-hybridized carbons (Fsp3) is 0.182. The minimum atomic E-state index is 0.751. The lowest BCUT2D eigenvalue weighted by atomic mass is 10.2. The van der Waals surface area contributed by atoms with E-state index in [1.165, 1.54) is 0 Å². The van der Waals surface area contributed by atoms with Gasteiger partial charge in [0.2, 0.25) is 5.95 Å². The van der Waals surface area contributed by atoms with Crippen LogP contribution in [0.2, 0.25) is 0 Å². The molecule has 142 valence electrons. The highest BCUT2D eigenvalue weighted by atomic mass is 79.9. The summed E-state index contributed by atoms with van der Waals surface area (Å²) in [6, 6.07) is 18.6. The number of para-hydroxylation sites is 2. The fourth-order valence-electron chi connectivity index (χ4n) is 3.57. The predicted octanol–water partition coefficient (Wildman–Crippen LogP) is 5.67. The lowest BCUT2D eigenvalue weighted by molar-refractivity contribution is 0.791. The first kappa shape index (κ1) is 18.5. The van der Waals surface area contributed by atoms with Gasteiger partial charge in [-0.3, -0.25) is 0 Å². The van der Waals surface area contributed by atoms with Gasteiger partial charge in [0.05, 0.1) is 17.2 Å². The van der Waals surface area contributed by atoms with Gasteiger partial charge in [0.15, 0.2) is 0 Å². The smallest absolute Gasteiger partial charge is 0.224 e. The van der Waals surface area contributed by atoms with Crippen molar-refractivity contribution in [3.8, 4) is 5.69 Å². The Hall–Kier alpha value is -2.86. The predicted molar refractivity (Wildman–Crippen MR) is 120 cm³/mol. The quantitative estimate of drug-likeness (QED) is 0.324. The summed E-state index contributed by atoms with van der Waals surface area (Å²) < 4.78 is 5.41. The van der Waals surface area contributed by atoms with Crippen LogP contribution in [0.25, 0.3) is 16.7 Å². The maximum atomic E-state index is 4.64. The number of anilines is 1. The van der Waals surface area contributed by atoms with E-state index in [9.17, 15) is 0 Å². The van der Waals surface area contributed by atoms with E-state index in [1.54, 1.807) is 0 Å². The molecule has 0 saturated carbocycles. The summed E-state index contributed by atoms with van der Waals surface area (Å²) in [4.78, 5) is 4.64.